The predicted octanol–water partition coefficient (Wildman–Crippen LogP) is 0.786. The van der Waals surface area contributed by atoms with Gasteiger partial charge < -0.3 is 5.73 Å². The van der Waals surface area contributed by atoms with Crippen LogP contribution in [0.3, 0.4) is 0 Å². The lowest BCUT2D eigenvalue weighted by Crippen LogP contribution is -2.24. The normalized spacial score (nSPS) is 10.8. The second-order valence-corrected chi connectivity index (χ2v) is 4.83. The lowest BCUT2D eigenvalue weighted by atomic mass is 10.3. The second kappa shape index (κ2) is 6.34. The van der Waals surface area contributed by atoms with Gasteiger partial charge in [-0.1, -0.05) is 15.9 Å². The lowest BCUT2D eigenvalue weighted by molar-refractivity contribution is 0.775. The minimum absolute atomic E-state index is 0.115. The minimum atomic E-state index is 0.115. The molecule has 2 rings (SSSR count). The van der Waals surface area contributed by atoms with E-state index in [1.54, 1.807) is 10.9 Å². The van der Waals surface area contributed by atoms with Crippen molar-refractivity contribution in [2.75, 3.05) is 0 Å². The van der Waals surface area contributed by atoms with Gasteiger partial charge in [-0.2, -0.15) is 9.78 Å². The Balaban J connectivity index is 2.11. The summed E-state index contributed by atoms with van der Waals surface area (Å²) in [7, 11) is 0. The number of thiocarbonyl (C=S) groups is 1. The zero-order valence-corrected chi connectivity index (χ0v) is 12.1. The van der Waals surface area contributed by atoms with Crippen molar-refractivity contribution < 1.29 is 0 Å². The monoisotopic (exact) mass is 339 g/mol. The van der Waals surface area contributed by atoms with Gasteiger partial charge >= 0.3 is 0 Å². The van der Waals surface area contributed by atoms with E-state index in [9.17, 15) is 0 Å². The molecule has 0 aliphatic rings. The summed E-state index contributed by atoms with van der Waals surface area (Å²) < 4.78 is 2.63. The molecular weight excluding hydrogens is 330 g/mol. The highest BCUT2D eigenvalue weighted by Crippen LogP contribution is 2.13. The van der Waals surface area contributed by atoms with Crippen molar-refractivity contribution in [2.45, 2.75) is 6.42 Å². The number of halogens is 1. The zero-order chi connectivity index (χ0) is 13.7. The SMILES string of the molecule is NC(=S)N/N=C\Cc1nnnn1-c1ccc(Br)cc1. The summed E-state index contributed by atoms with van der Waals surface area (Å²) >= 11 is 8.00. The molecule has 1 heterocycles. The summed E-state index contributed by atoms with van der Waals surface area (Å²) in [6.07, 6.45) is 2.05. The first-order chi connectivity index (χ1) is 9.16. The fourth-order valence-corrected chi connectivity index (χ4v) is 1.67. The van der Waals surface area contributed by atoms with E-state index in [0.717, 1.165) is 10.2 Å². The molecular formula is C10H10BrN7S. The first-order valence-electron chi connectivity index (χ1n) is 5.27. The van der Waals surface area contributed by atoms with E-state index < -0.39 is 0 Å². The Morgan fingerprint density at radius 1 is 1.47 bits per heavy atom. The second-order valence-electron chi connectivity index (χ2n) is 3.48. The van der Waals surface area contributed by atoms with Crippen LogP contribution in [-0.4, -0.2) is 31.5 Å². The quantitative estimate of drug-likeness (QED) is 0.485. The summed E-state index contributed by atoms with van der Waals surface area (Å²) in [4.78, 5) is 0. The van der Waals surface area contributed by atoms with Crippen molar-refractivity contribution >= 4 is 39.5 Å². The van der Waals surface area contributed by atoms with Gasteiger partial charge in [0.25, 0.3) is 0 Å². The van der Waals surface area contributed by atoms with Crippen LogP contribution in [0.2, 0.25) is 0 Å². The third kappa shape index (κ3) is 3.80. The van der Waals surface area contributed by atoms with E-state index in [4.69, 9.17) is 5.73 Å². The number of aromatic nitrogens is 4. The van der Waals surface area contributed by atoms with Gasteiger partial charge in [-0.25, -0.2) is 0 Å². The maximum atomic E-state index is 5.24. The summed E-state index contributed by atoms with van der Waals surface area (Å²) in [6.45, 7) is 0. The Hall–Kier alpha value is -1.87. The van der Waals surface area contributed by atoms with Crippen molar-refractivity contribution in [3.63, 3.8) is 0 Å². The van der Waals surface area contributed by atoms with Crippen LogP contribution >= 0.6 is 28.1 Å². The Bertz CT molecular complexity index is 592. The molecule has 3 N–H and O–H groups in total. The van der Waals surface area contributed by atoms with Crippen LogP contribution in [0.1, 0.15) is 5.82 Å². The molecule has 0 bridgehead atoms. The molecule has 0 spiro atoms. The molecule has 98 valence electrons. The molecule has 0 saturated carbocycles. The number of hydrogen-bond donors (Lipinski definition) is 2. The number of benzene rings is 1. The number of hydrogen-bond acceptors (Lipinski definition) is 5. The summed E-state index contributed by atoms with van der Waals surface area (Å²) in [5.74, 6) is 0.663. The molecule has 0 saturated heterocycles. The lowest BCUT2D eigenvalue weighted by Gasteiger charge is -2.02. The molecule has 0 radical (unpaired) electrons. The van der Waals surface area contributed by atoms with Crippen molar-refractivity contribution in [3.8, 4) is 5.69 Å². The predicted molar refractivity (Wildman–Crippen MR) is 79.0 cm³/mol. The Morgan fingerprint density at radius 2 is 2.21 bits per heavy atom. The minimum Gasteiger partial charge on any atom is -0.375 e. The molecule has 2 aromatic rings. The molecule has 19 heavy (non-hydrogen) atoms. The highest BCUT2D eigenvalue weighted by Gasteiger charge is 2.06. The summed E-state index contributed by atoms with van der Waals surface area (Å²) in [5.41, 5.74) is 8.59. The largest absolute Gasteiger partial charge is 0.375 e. The fourth-order valence-electron chi connectivity index (χ4n) is 1.35. The average molecular weight is 340 g/mol. The third-order valence-electron chi connectivity index (χ3n) is 2.15. The molecule has 0 amide bonds. The third-order valence-corrected chi connectivity index (χ3v) is 2.77. The standard InChI is InChI=1S/C10H10BrN7S/c11-7-1-3-8(4-2-7)18-9(14-16-17-18)5-6-13-15-10(12)19/h1-4,6H,5H2,(H3,12,15,19)/b13-6-. The van der Waals surface area contributed by atoms with Crippen molar-refractivity contribution in [1.29, 1.82) is 0 Å². The van der Waals surface area contributed by atoms with Gasteiger partial charge in [-0.05, 0) is 46.9 Å². The molecule has 0 unspecified atom stereocenters. The van der Waals surface area contributed by atoms with Crippen LogP contribution in [0.4, 0.5) is 0 Å². The van der Waals surface area contributed by atoms with Gasteiger partial charge in [0.1, 0.15) is 0 Å². The Labute approximate surface area is 123 Å². The first kappa shape index (κ1) is 13.6. The van der Waals surface area contributed by atoms with Crippen LogP contribution in [-0.2, 0) is 6.42 Å². The molecule has 7 nitrogen and oxygen atoms in total. The molecule has 1 aromatic heterocycles. The van der Waals surface area contributed by atoms with Crippen LogP contribution in [0.25, 0.3) is 5.69 Å². The number of tetrazole rings is 1. The van der Waals surface area contributed by atoms with Crippen LogP contribution in [0.5, 0.6) is 0 Å². The van der Waals surface area contributed by atoms with Gasteiger partial charge in [0.15, 0.2) is 10.9 Å². The van der Waals surface area contributed by atoms with Crippen LogP contribution < -0.4 is 11.2 Å². The van der Waals surface area contributed by atoms with E-state index in [2.05, 4.69) is 54.2 Å². The highest BCUT2D eigenvalue weighted by atomic mass is 79.9. The van der Waals surface area contributed by atoms with E-state index in [0.29, 0.717) is 12.2 Å². The van der Waals surface area contributed by atoms with Crippen molar-refractivity contribution in [2.24, 2.45) is 10.8 Å². The number of nitrogens with one attached hydrogen (secondary N) is 1. The molecule has 9 heteroatoms. The van der Waals surface area contributed by atoms with E-state index >= 15 is 0 Å². The number of nitrogens with two attached hydrogens (primary N) is 1. The van der Waals surface area contributed by atoms with Gasteiger partial charge in [-0.3, -0.25) is 5.43 Å². The van der Waals surface area contributed by atoms with E-state index in [1.807, 2.05) is 24.3 Å². The van der Waals surface area contributed by atoms with Gasteiger partial charge in [0.05, 0.1) is 5.69 Å². The van der Waals surface area contributed by atoms with E-state index in [1.165, 1.54) is 0 Å². The topological polar surface area (TPSA) is 94.0 Å². The first-order valence-corrected chi connectivity index (χ1v) is 6.47. The maximum absolute atomic E-state index is 5.24. The zero-order valence-electron chi connectivity index (χ0n) is 9.69. The van der Waals surface area contributed by atoms with Crippen molar-refractivity contribution in [3.05, 3.63) is 34.6 Å². The molecule has 0 fully saturated rings. The van der Waals surface area contributed by atoms with E-state index in [-0.39, 0.29) is 5.11 Å². The summed E-state index contributed by atoms with van der Waals surface area (Å²) in [5, 5.41) is 15.5. The Morgan fingerprint density at radius 3 is 2.89 bits per heavy atom. The maximum Gasteiger partial charge on any atom is 0.184 e. The highest BCUT2D eigenvalue weighted by molar-refractivity contribution is 9.10. The smallest absolute Gasteiger partial charge is 0.184 e. The number of nitrogens with zero attached hydrogens (tertiary/aromatic N) is 5. The van der Waals surface area contributed by atoms with Gasteiger partial charge in [0, 0.05) is 17.1 Å². The number of hydrazone groups is 1. The Kier molecular flexibility index (Phi) is 4.53. The van der Waals surface area contributed by atoms with Crippen molar-refractivity contribution in [1.82, 2.24) is 25.6 Å². The van der Waals surface area contributed by atoms with Gasteiger partial charge in [0.2, 0.25) is 0 Å². The molecule has 0 atom stereocenters. The number of rotatable bonds is 4. The average Bonchev–Trinajstić information content (AvgIpc) is 2.84. The van der Waals surface area contributed by atoms with Crippen LogP contribution in [0, 0.1) is 0 Å². The summed E-state index contributed by atoms with van der Waals surface area (Å²) in [6, 6.07) is 7.66. The fraction of sp³-hybridized carbons (Fsp3) is 0.100. The molecule has 0 aliphatic carbocycles. The van der Waals surface area contributed by atoms with Gasteiger partial charge in [-0.15, -0.1) is 5.10 Å². The molecule has 1 aromatic carbocycles. The van der Waals surface area contributed by atoms with Crippen LogP contribution in [0.15, 0.2) is 33.8 Å². The molecule has 0 aliphatic heterocycles.